The Morgan fingerprint density at radius 2 is 2.00 bits per heavy atom. The average molecular weight is 269 g/mol. The molecule has 0 unspecified atom stereocenters. The fourth-order valence-corrected chi connectivity index (χ4v) is 2.01. The molecule has 1 aliphatic heterocycles. The number of urea groups is 1. The van der Waals surface area contributed by atoms with E-state index in [0.717, 1.165) is 11.4 Å². The Morgan fingerprint density at radius 3 is 2.70 bits per heavy atom. The third kappa shape index (κ3) is 2.88. The van der Waals surface area contributed by atoms with Gasteiger partial charge in [-0.25, -0.2) is 4.79 Å². The predicted octanol–water partition coefficient (Wildman–Crippen LogP) is 2.38. The number of nitrogens with zero attached hydrogens (tertiary/aromatic N) is 2. The molecule has 0 atom stereocenters. The summed E-state index contributed by atoms with van der Waals surface area (Å²) in [6.45, 7) is 1.18. The van der Waals surface area contributed by atoms with E-state index in [2.05, 4.69) is 10.3 Å². The molecule has 0 bridgehead atoms. The summed E-state index contributed by atoms with van der Waals surface area (Å²) in [6, 6.07) is 13.0. The molecule has 0 aliphatic carbocycles. The van der Waals surface area contributed by atoms with E-state index in [0.29, 0.717) is 13.1 Å². The summed E-state index contributed by atoms with van der Waals surface area (Å²) in [7, 11) is 0. The maximum Gasteiger partial charge on any atom is 0.322 e. The van der Waals surface area contributed by atoms with E-state index in [1.165, 1.54) is 0 Å². The number of anilines is 1. The highest BCUT2D eigenvalue weighted by Gasteiger charge is 2.32. The molecule has 0 saturated carbocycles. The standard InChI is InChI=1S/C15H15N3O2/c19-15(17-12-5-2-1-3-6-12)18-10-14(11-18)20-13-7-4-8-16-9-13/h1-9,14H,10-11H2,(H,17,19). The van der Waals surface area contributed by atoms with Gasteiger partial charge in [-0.3, -0.25) is 4.98 Å². The molecule has 1 N–H and O–H groups in total. The fourth-order valence-electron chi connectivity index (χ4n) is 2.01. The molecule has 20 heavy (non-hydrogen) atoms. The normalized spacial score (nSPS) is 14.5. The van der Waals surface area contributed by atoms with Gasteiger partial charge >= 0.3 is 6.03 Å². The summed E-state index contributed by atoms with van der Waals surface area (Å²) in [5, 5.41) is 2.85. The quantitative estimate of drug-likeness (QED) is 0.930. The third-order valence-electron chi connectivity index (χ3n) is 3.10. The van der Waals surface area contributed by atoms with Gasteiger partial charge in [-0.1, -0.05) is 18.2 Å². The van der Waals surface area contributed by atoms with Gasteiger partial charge in [0.2, 0.25) is 0 Å². The topological polar surface area (TPSA) is 54.5 Å². The van der Waals surface area contributed by atoms with Crippen molar-refractivity contribution >= 4 is 11.7 Å². The van der Waals surface area contributed by atoms with Crippen molar-refractivity contribution in [2.24, 2.45) is 0 Å². The van der Waals surface area contributed by atoms with Gasteiger partial charge in [0.1, 0.15) is 11.9 Å². The number of rotatable bonds is 3. The monoisotopic (exact) mass is 269 g/mol. The third-order valence-corrected chi connectivity index (χ3v) is 3.10. The van der Waals surface area contributed by atoms with Crippen LogP contribution in [0.2, 0.25) is 0 Å². The van der Waals surface area contributed by atoms with E-state index < -0.39 is 0 Å². The first-order valence-electron chi connectivity index (χ1n) is 6.49. The minimum absolute atomic E-state index is 0.0423. The van der Waals surface area contributed by atoms with E-state index in [1.54, 1.807) is 17.3 Å². The number of likely N-dealkylation sites (tertiary alicyclic amines) is 1. The van der Waals surface area contributed by atoms with Gasteiger partial charge in [-0.15, -0.1) is 0 Å². The highest BCUT2D eigenvalue weighted by Crippen LogP contribution is 2.18. The van der Waals surface area contributed by atoms with E-state index in [9.17, 15) is 4.79 Å². The van der Waals surface area contributed by atoms with Gasteiger partial charge in [0.15, 0.2) is 0 Å². The van der Waals surface area contributed by atoms with Crippen LogP contribution in [0.1, 0.15) is 0 Å². The van der Waals surface area contributed by atoms with Gasteiger partial charge in [-0.05, 0) is 24.3 Å². The van der Waals surface area contributed by atoms with Crippen molar-refractivity contribution in [3.63, 3.8) is 0 Å². The van der Waals surface area contributed by atoms with E-state index in [4.69, 9.17) is 4.74 Å². The molecule has 1 aliphatic rings. The number of hydrogen-bond acceptors (Lipinski definition) is 3. The summed E-state index contributed by atoms with van der Waals surface area (Å²) >= 11 is 0. The van der Waals surface area contributed by atoms with Crippen LogP contribution in [0.4, 0.5) is 10.5 Å². The molecule has 2 amide bonds. The molecule has 0 spiro atoms. The van der Waals surface area contributed by atoms with Crippen molar-refractivity contribution in [2.75, 3.05) is 18.4 Å². The molecule has 5 heteroatoms. The van der Waals surface area contributed by atoms with Crippen LogP contribution in [0, 0.1) is 0 Å². The minimum Gasteiger partial charge on any atom is -0.485 e. The highest BCUT2D eigenvalue weighted by molar-refractivity contribution is 5.89. The lowest BCUT2D eigenvalue weighted by atomic mass is 10.2. The second kappa shape index (κ2) is 5.61. The van der Waals surface area contributed by atoms with Crippen LogP contribution in [0.25, 0.3) is 0 Å². The number of ether oxygens (including phenoxy) is 1. The molecule has 1 saturated heterocycles. The number of carbonyl (C=O) groups is 1. The molecular weight excluding hydrogens is 254 g/mol. The largest absolute Gasteiger partial charge is 0.485 e. The van der Waals surface area contributed by atoms with Crippen molar-refractivity contribution in [3.05, 3.63) is 54.9 Å². The summed E-state index contributed by atoms with van der Waals surface area (Å²) < 4.78 is 5.70. The maximum absolute atomic E-state index is 11.9. The average Bonchev–Trinajstić information content (AvgIpc) is 2.44. The van der Waals surface area contributed by atoms with Crippen molar-refractivity contribution in [2.45, 2.75) is 6.10 Å². The highest BCUT2D eigenvalue weighted by atomic mass is 16.5. The summed E-state index contributed by atoms with van der Waals surface area (Å²) in [6.07, 6.45) is 3.42. The second-order valence-electron chi connectivity index (χ2n) is 4.63. The lowest BCUT2D eigenvalue weighted by Crippen LogP contribution is -2.57. The van der Waals surface area contributed by atoms with E-state index >= 15 is 0 Å². The lowest BCUT2D eigenvalue weighted by Gasteiger charge is -2.38. The van der Waals surface area contributed by atoms with Gasteiger partial charge in [0.05, 0.1) is 19.3 Å². The van der Waals surface area contributed by atoms with Gasteiger partial charge in [-0.2, -0.15) is 0 Å². The molecule has 102 valence electrons. The summed E-state index contributed by atoms with van der Waals surface area (Å²) in [5.41, 5.74) is 0.800. The van der Waals surface area contributed by atoms with Crippen LogP contribution >= 0.6 is 0 Å². The summed E-state index contributed by atoms with van der Waals surface area (Å²) in [4.78, 5) is 17.6. The zero-order chi connectivity index (χ0) is 13.8. The van der Waals surface area contributed by atoms with Crippen LogP contribution in [0.15, 0.2) is 54.9 Å². The van der Waals surface area contributed by atoms with Gasteiger partial charge < -0.3 is 15.0 Å². The Labute approximate surface area is 117 Å². The lowest BCUT2D eigenvalue weighted by molar-refractivity contribution is 0.0490. The number of pyridine rings is 1. The van der Waals surface area contributed by atoms with Crippen LogP contribution < -0.4 is 10.1 Å². The predicted molar refractivity (Wildman–Crippen MR) is 75.7 cm³/mol. The number of benzene rings is 1. The SMILES string of the molecule is O=C(Nc1ccccc1)N1CC(Oc2cccnc2)C1. The maximum atomic E-state index is 11.9. The van der Waals surface area contributed by atoms with E-state index in [1.807, 2.05) is 42.5 Å². The van der Waals surface area contributed by atoms with Crippen molar-refractivity contribution in [1.82, 2.24) is 9.88 Å². The van der Waals surface area contributed by atoms with Crippen molar-refractivity contribution in [3.8, 4) is 5.75 Å². The minimum atomic E-state index is -0.0952. The summed E-state index contributed by atoms with van der Waals surface area (Å²) in [5.74, 6) is 0.737. The molecule has 1 aromatic carbocycles. The number of aromatic nitrogens is 1. The molecule has 1 fully saturated rings. The first-order valence-corrected chi connectivity index (χ1v) is 6.49. The van der Waals surface area contributed by atoms with Crippen molar-refractivity contribution < 1.29 is 9.53 Å². The molecule has 0 radical (unpaired) electrons. The number of nitrogens with one attached hydrogen (secondary N) is 1. The zero-order valence-corrected chi connectivity index (χ0v) is 10.9. The first-order chi connectivity index (χ1) is 9.81. The Bertz CT molecular complexity index is 568. The number of hydrogen-bond donors (Lipinski definition) is 1. The fraction of sp³-hybridized carbons (Fsp3) is 0.200. The Balaban J connectivity index is 1.47. The molecular formula is C15H15N3O2. The second-order valence-corrected chi connectivity index (χ2v) is 4.63. The molecule has 2 heterocycles. The van der Waals surface area contributed by atoms with Gasteiger partial charge in [0, 0.05) is 11.9 Å². The van der Waals surface area contributed by atoms with Crippen LogP contribution in [-0.4, -0.2) is 35.1 Å². The number of para-hydroxylation sites is 1. The van der Waals surface area contributed by atoms with E-state index in [-0.39, 0.29) is 12.1 Å². The molecule has 3 rings (SSSR count). The Morgan fingerprint density at radius 1 is 1.20 bits per heavy atom. The van der Waals surface area contributed by atoms with Crippen molar-refractivity contribution in [1.29, 1.82) is 0 Å². The van der Waals surface area contributed by atoms with Crippen LogP contribution in [0.5, 0.6) is 5.75 Å². The molecule has 2 aromatic rings. The van der Waals surface area contributed by atoms with Crippen LogP contribution in [-0.2, 0) is 0 Å². The molecule has 5 nitrogen and oxygen atoms in total. The Hall–Kier alpha value is -2.56. The number of amides is 2. The first kappa shape index (κ1) is 12.5. The molecule has 1 aromatic heterocycles. The zero-order valence-electron chi connectivity index (χ0n) is 10.9. The number of carbonyl (C=O) groups excluding carboxylic acids is 1. The smallest absolute Gasteiger partial charge is 0.322 e. The Kier molecular flexibility index (Phi) is 3.50. The van der Waals surface area contributed by atoms with Crippen LogP contribution in [0.3, 0.4) is 0 Å². The van der Waals surface area contributed by atoms with Gasteiger partial charge in [0.25, 0.3) is 0 Å².